The van der Waals surface area contributed by atoms with Crippen LogP contribution in [0.15, 0.2) is 42.5 Å². The molecule has 0 fully saturated rings. The van der Waals surface area contributed by atoms with Gasteiger partial charge in [-0.3, -0.25) is 0 Å². The van der Waals surface area contributed by atoms with E-state index in [9.17, 15) is 5.11 Å². The smallest absolute Gasteiger partial charge is 0.204 e. The number of halogens is 1. The van der Waals surface area contributed by atoms with E-state index in [1.807, 2.05) is 44.2 Å². The van der Waals surface area contributed by atoms with Crippen LogP contribution < -0.4 is 4.74 Å². The van der Waals surface area contributed by atoms with Gasteiger partial charge in [0.2, 0.25) is 5.82 Å². The molecule has 1 aromatic heterocycles. The van der Waals surface area contributed by atoms with Gasteiger partial charge in [0.05, 0.1) is 6.54 Å². The SMILES string of the molecule is Cc1ccc(C)c(OC[C@H](O)Cn2nnc(-c3cccc(Cl)c3)n2)c1. The number of aliphatic hydroxyl groups is 1. The fourth-order valence-corrected chi connectivity index (χ4v) is 2.54. The minimum Gasteiger partial charge on any atom is -0.491 e. The Labute approximate surface area is 151 Å². The summed E-state index contributed by atoms with van der Waals surface area (Å²) in [5.74, 6) is 1.23. The average Bonchev–Trinajstić information content (AvgIpc) is 3.04. The van der Waals surface area contributed by atoms with E-state index < -0.39 is 6.10 Å². The van der Waals surface area contributed by atoms with Crippen molar-refractivity contribution < 1.29 is 9.84 Å². The summed E-state index contributed by atoms with van der Waals surface area (Å²) in [7, 11) is 0. The average molecular weight is 359 g/mol. The fourth-order valence-electron chi connectivity index (χ4n) is 2.35. The van der Waals surface area contributed by atoms with E-state index in [0.29, 0.717) is 10.8 Å². The number of tetrazole rings is 1. The third-order valence-electron chi connectivity index (χ3n) is 3.68. The van der Waals surface area contributed by atoms with Gasteiger partial charge >= 0.3 is 0 Å². The molecular formula is C18H19ClN4O2. The Morgan fingerprint density at radius 2 is 2.04 bits per heavy atom. The molecule has 0 aliphatic carbocycles. The van der Waals surface area contributed by atoms with Crippen molar-refractivity contribution in [3.05, 3.63) is 58.6 Å². The Morgan fingerprint density at radius 3 is 2.84 bits per heavy atom. The van der Waals surface area contributed by atoms with Crippen LogP contribution in [0.3, 0.4) is 0 Å². The van der Waals surface area contributed by atoms with Crippen molar-refractivity contribution in [1.82, 2.24) is 20.2 Å². The molecule has 3 aromatic rings. The van der Waals surface area contributed by atoms with Gasteiger partial charge in [0, 0.05) is 10.6 Å². The molecule has 25 heavy (non-hydrogen) atoms. The summed E-state index contributed by atoms with van der Waals surface area (Å²) in [4.78, 5) is 1.35. The Bertz CT molecular complexity index is 866. The van der Waals surface area contributed by atoms with Gasteiger partial charge in [-0.05, 0) is 48.4 Å². The van der Waals surface area contributed by atoms with E-state index in [1.165, 1.54) is 4.80 Å². The number of hydrogen-bond donors (Lipinski definition) is 1. The summed E-state index contributed by atoms with van der Waals surface area (Å²) >= 11 is 5.97. The Kier molecular flexibility index (Phi) is 5.31. The topological polar surface area (TPSA) is 73.1 Å². The molecule has 1 heterocycles. The lowest BCUT2D eigenvalue weighted by atomic mass is 10.1. The zero-order chi connectivity index (χ0) is 17.8. The van der Waals surface area contributed by atoms with Crippen molar-refractivity contribution in [1.29, 1.82) is 0 Å². The molecule has 1 atom stereocenters. The van der Waals surface area contributed by atoms with Crippen molar-refractivity contribution in [3.63, 3.8) is 0 Å². The first-order valence-electron chi connectivity index (χ1n) is 7.93. The van der Waals surface area contributed by atoms with Crippen LogP contribution in [0, 0.1) is 13.8 Å². The molecule has 0 aliphatic heterocycles. The second-order valence-electron chi connectivity index (χ2n) is 5.91. The van der Waals surface area contributed by atoms with Crippen LogP contribution in [0.4, 0.5) is 0 Å². The molecule has 0 aliphatic rings. The molecule has 7 heteroatoms. The standard InChI is InChI=1S/C18H19ClN4O2/c1-12-6-7-13(2)17(8-12)25-11-16(24)10-23-21-18(20-22-23)14-4-3-5-15(19)9-14/h3-9,16,24H,10-11H2,1-2H3/t16-/m1/s1. The molecular weight excluding hydrogens is 340 g/mol. The highest BCUT2D eigenvalue weighted by molar-refractivity contribution is 6.30. The van der Waals surface area contributed by atoms with Crippen molar-refractivity contribution >= 4 is 11.6 Å². The minimum absolute atomic E-state index is 0.151. The molecule has 6 nitrogen and oxygen atoms in total. The van der Waals surface area contributed by atoms with Crippen LogP contribution in [0.2, 0.25) is 5.02 Å². The largest absolute Gasteiger partial charge is 0.491 e. The molecule has 0 radical (unpaired) electrons. The van der Waals surface area contributed by atoms with Crippen molar-refractivity contribution in [2.24, 2.45) is 0 Å². The van der Waals surface area contributed by atoms with E-state index in [2.05, 4.69) is 15.4 Å². The summed E-state index contributed by atoms with van der Waals surface area (Å²) in [6.45, 7) is 4.31. The molecule has 1 N–H and O–H groups in total. The number of aromatic nitrogens is 4. The molecule has 0 bridgehead atoms. The maximum Gasteiger partial charge on any atom is 0.204 e. The molecule has 0 saturated carbocycles. The number of benzene rings is 2. The zero-order valence-corrected chi connectivity index (χ0v) is 14.8. The maximum atomic E-state index is 10.2. The highest BCUT2D eigenvalue weighted by Gasteiger charge is 2.12. The van der Waals surface area contributed by atoms with Gasteiger partial charge in [-0.1, -0.05) is 35.9 Å². The van der Waals surface area contributed by atoms with Gasteiger partial charge in [-0.15, -0.1) is 10.2 Å². The van der Waals surface area contributed by atoms with Gasteiger partial charge in [-0.25, -0.2) is 0 Å². The Hall–Kier alpha value is -2.44. The third-order valence-corrected chi connectivity index (χ3v) is 3.92. The predicted molar refractivity (Wildman–Crippen MR) is 95.7 cm³/mol. The lowest BCUT2D eigenvalue weighted by Gasteiger charge is -2.13. The van der Waals surface area contributed by atoms with Crippen molar-refractivity contribution in [3.8, 4) is 17.1 Å². The van der Waals surface area contributed by atoms with E-state index in [0.717, 1.165) is 22.4 Å². The first-order chi connectivity index (χ1) is 12.0. The van der Waals surface area contributed by atoms with Gasteiger partial charge in [0.15, 0.2) is 0 Å². The van der Waals surface area contributed by atoms with Gasteiger partial charge in [0.25, 0.3) is 0 Å². The van der Waals surface area contributed by atoms with Crippen LogP contribution in [0.5, 0.6) is 5.75 Å². The molecule has 0 unspecified atom stereocenters. The lowest BCUT2D eigenvalue weighted by molar-refractivity contribution is 0.0846. The first-order valence-corrected chi connectivity index (χ1v) is 8.31. The molecule has 2 aromatic carbocycles. The number of hydrogen-bond acceptors (Lipinski definition) is 5. The summed E-state index contributed by atoms with van der Waals surface area (Å²) in [6.07, 6.45) is -0.749. The quantitative estimate of drug-likeness (QED) is 0.733. The van der Waals surface area contributed by atoms with Crippen molar-refractivity contribution in [2.45, 2.75) is 26.5 Å². The molecule has 3 rings (SSSR count). The number of ether oxygens (including phenoxy) is 1. The van der Waals surface area contributed by atoms with Crippen LogP contribution in [-0.4, -0.2) is 38.0 Å². The Balaban J connectivity index is 1.60. The van der Waals surface area contributed by atoms with Gasteiger partial charge in [-0.2, -0.15) is 4.80 Å². The third kappa shape index (κ3) is 4.55. The predicted octanol–water partition coefficient (Wildman–Crippen LogP) is 3.05. The van der Waals surface area contributed by atoms with Crippen LogP contribution in [-0.2, 0) is 6.54 Å². The fraction of sp³-hybridized carbons (Fsp3) is 0.278. The summed E-state index contributed by atoms with van der Waals surface area (Å²) in [5, 5.41) is 23.0. The second kappa shape index (κ2) is 7.63. The highest BCUT2D eigenvalue weighted by atomic mass is 35.5. The number of aliphatic hydroxyl groups excluding tert-OH is 1. The molecule has 0 saturated heterocycles. The first kappa shape index (κ1) is 17.4. The van der Waals surface area contributed by atoms with E-state index >= 15 is 0 Å². The lowest BCUT2D eigenvalue weighted by Crippen LogP contribution is -2.25. The molecule has 0 spiro atoms. The maximum absolute atomic E-state index is 10.2. The number of aryl methyl sites for hydroxylation is 2. The highest BCUT2D eigenvalue weighted by Crippen LogP contribution is 2.20. The van der Waals surface area contributed by atoms with Crippen molar-refractivity contribution in [2.75, 3.05) is 6.61 Å². The molecule has 130 valence electrons. The van der Waals surface area contributed by atoms with Crippen LogP contribution in [0.1, 0.15) is 11.1 Å². The van der Waals surface area contributed by atoms with Gasteiger partial charge in [0.1, 0.15) is 18.5 Å². The monoisotopic (exact) mass is 358 g/mol. The minimum atomic E-state index is -0.749. The normalized spacial score (nSPS) is 12.2. The van der Waals surface area contributed by atoms with Crippen LogP contribution >= 0.6 is 11.6 Å². The summed E-state index contributed by atoms with van der Waals surface area (Å²) in [6, 6.07) is 13.2. The van der Waals surface area contributed by atoms with Crippen LogP contribution in [0.25, 0.3) is 11.4 Å². The number of nitrogens with zero attached hydrogens (tertiary/aromatic N) is 4. The van der Waals surface area contributed by atoms with Gasteiger partial charge < -0.3 is 9.84 Å². The Morgan fingerprint density at radius 1 is 1.20 bits per heavy atom. The van der Waals surface area contributed by atoms with E-state index in [1.54, 1.807) is 12.1 Å². The van der Waals surface area contributed by atoms with E-state index in [-0.39, 0.29) is 13.2 Å². The zero-order valence-electron chi connectivity index (χ0n) is 14.1. The summed E-state index contributed by atoms with van der Waals surface area (Å²) in [5.41, 5.74) is 2.92. The summed E-state index contributed by atoms with van der Waals surface area (Å²) < 4.78 is 5.70. The second-order valence-corrected chi connectivity index (χ2v) is 6.35. The number of rotatable bonds is 6. The molecule has 0 amide bonds. The van der Waals surface area contributed by atoms with E-state index in [4.69, 9.17) is 16.3 Å².